The highest BCUT2D eigenvalue weighted by Gasteiger charge is 2.40. The van der Waals surface area contributed by atoms with Crippen molar-refractivity contribution in [3.63, 3.8) is 0 Å². The largest absolute Gasteiger partial charge is 0.404 e. The molecular formula is C15H15F3N6O2S. The molecule has 1 aliphatic heterocycles. The summed E-state index contributed by atoms with van der Waals surface area (Å²) in [5.41, 5.74) is 1.59. The minimum absolute atomic E-state index is 0.0306. The van der Waals surface area contributed by atoms with E-state index in [1.165, 1.54) is 0 Å². The van der Waals surface area contributed by atoms with E-state index in [2.05, 4.69) is 25.4 Å². The van der Waals surface area contributed by atoms with Gasteiger partial charge in [0.1, 0.15) is 0 Å². The number of hydrogen-bond acceptors (Lipinski definition) is 6. The quantitative estimate of drug-likeness (QED) is 0.721. The molecule has 144 valence electrons. The summed E-state index contributed by atoms with van der Waals surface area (Å²) in [6, 6.07) is 1.77. The zero-order chi connectivity index (χ0) is 19.2. The molecule has 0 bridgehead atoms. The van der Waals surface area contributed by atoms with Crippen molar-refractivity contribution in [3.8, 4) is 0 Å². The molecule has 1 aliphatic rings. The number of nitrogens with zero attached hydrogens (tertiary/aromatic N) is 5. The predicted molar refractivity (Wildman–Crippen MR) is 90.4 cm³/mol. The Morgan fingerprint density at radius 1 is 1.30 bits per heavy atom. The van der Waals surface area contributed by atoms with Crippen molar-refractivity contribution in [2.45, 2.75) is 24.9 Å². The minimum Gasteiger partial charge on any atom is -0.259 e. The average Bonchev–Trinajstić information content (AvgIpc) is 3.08. The van der Waals surface area contributed by atoms with E-state index in [0.29, 0.717) is 29.5 Å². The Kier molecular flexibility index (Phi) is 4.26. The zero-order valence-electron chi connectivity index (χ0n) is 13.9. The van der Waals surface area contributed by atoms with Crippen LogP contribution in [0.2, 0.25) is 0 Å². The van der Waals surface area contributed by atoms with Crippen molar-refractivity contribution >= 4 is 32.1 Å². The predicted octanol–water partition coefficient (Wildman–Crippen LogP) is 1.97. The minimum atomic E-state index is -4.77. The Balaban J connectivity index is 1.73. The number of nitrogens with one attached hydrogen (secondary N) is 1. The highest BCUT2D eigenvalue weighted by atomic mass is 32.2. The van der Waals surface area contributed by atoms with Gasteiger partial charge >= 0.3 is 6.18 Å². The van der Waals surface area contributed by atoms with Crippen molar-refractivity contribution < 1.29 is 21.6 Å². The van der Waals surface area contributed by atoms with Crippen LogP contribution in [0.3, 0.4) is 0 Å². The molecule has 4 rings (SSSR count). The van der Waals surface area contributed by atoms with Crippen LogP contribution in [-0.2, 0) is 10.0 Å². The number of H-pyrrole nitrogens is 1. The van der Waals surface area contributed by atoms with Crippen molar-refractivity contribution in [1.82, 2.24) is 29.7 Å². The number of aromatic amines is 1. The molecule has 8 nitrogen and oxygen atoms in total. The van der Waals surface area contributed by atoms with Crippen molar-refractivity contribution in [3.05, 3.63) is 24.0 Å². The number of rotatable bonds is 3. The van der Waals surface area contributed by atoms with Crippen molar-refractivity contribution in [1.29, 1.82) is 0 Å². The van der Waals surface area contributed by atoms with Crippen LogP contribution in [-0.4, -0.2) is 63.1 Å². The maximum absolute atomic E-state index is 12.6. The van der Waals surface area contributed by atoms with E-state index in [-0.39, 0.29) is 19.0 Å². The Morgan fingerprint density at radius 3 is 2.89 bits per heavy atom. The second-order valence-electron chi connectivity index (χ2n) is 6.50. The third kappa shape index (κ3) is 3.46. The number of piperidine rings is 1. The van der Waals surface area contributed by atoms with Gasteiger partial charge in [-0.15, -0.1) is 10.2 Å². The molecule has 12 heteroatoms. The second kappa shape index (κ2) is 6.37. The molecule has 1 N–H and O–H groups in total. The van der Waals surface area contributed by atoms with Gasteiger partial charge in [0.05, 0.1) is 6.20 Å². The topological polar surface area (TPSA) is 105 Å². The summed E-state index contributed by atoms with van der Waals surface area (Å²) in [4.78, 5) is 4.11. The SMILES string of the molecule is O=S(=O)(CC(F)(F)F)N1CCCC(c2cn[nH]c3nnc4nccc4c23)C1. The molecule has 3 aromatic heterocycles. The van der Waals surface area contributed by atoms with Crippen LogP contribution in [0.5, 0.6) is 0 Å². The normalized spacial score (nSPS) is 19.7. The van der Waals surface area contributed by atoms with Crippen LogP contribution in [0, 0.1) is 0 Å². The fourth-order valence-corrected chi connectivity index (χ4v) is 4.94. The summed E-state index contributed by atoms with van der Waals surface area (Å²) in [6.07, 6.45) is -0.519. The molecular weight excluding hydrogens is 385 g/mol. The molecule has 1 unspecified atom stereocenters. The lowest BCUT2D eigenvalue weighted by Gasteiger charge is -2.32. The van der Waals surface area contributed by atoms with E-state index in [4.69, 9.17) is 0 Å². The van der Waals surface area contributed by atoms with Crippen LogP contribution < -0.4 is 0 Å². The first kappa shape index (κ1) is 18.0. The van der Waals surface area contributed by atoms with Gasteiger partial charge in [0, 0.05) is 36.0 Å². The van der Waals surface area contributed by atoms with E-state index < -0.39 is 22.0 Å². The summed E-state index contributed by atoms with van der Waals surface area (Å²) < 4.78 is 63.1. The monoisotopic (exact) mass is 400 g/mol. The van der Waals surface area contributed by atoms with Gasteiger partial charge in [0.2, 0.25) is 10.0 Å². The Hall–Kier alpha value is -2.34. The summed E-state index contributed by atoms with van der Waals surface area (Å²) in [5, 5.41) is 16.3. The smallest absolute Gasteiger partial charge is 0.259 e. The van der Waals surface area contributed by atoms with Gasteiger partial charge in [-0.2, -0.15) is 18.3 Å². The fourth-order valence-electron chi connectivity index (χ4n) is 3.53. The Bertz CT molecular complexity index is 1100. The first-order valence-electron chi connectivity index (χ1n) is 8.23. The maximum atomic E-state index is 12.6. The number of alkyl halides is 3. The second-order valence-corrected chi connectivity index (χ2v) is 8.47. The fraction of sp³-hybridized carbons (Fsp3) is 0.467. The molecule has 3 aromatic rings. The van der Waals surface area contributed by atoms with Gasteiger partial charge < -0.3 is 0 Å². The maximum Gasteiger partial charge on any atom is 0.404 e. The van der Waals surface area contributed by atoms with E-state index in [1.807, 2.05) is 0 Å². The average molecular weight is 400 g/mol. The third-order valence-electron chi connectivity index (χ3n) is 4.66. The van der Waals surface area contributed by atoms with Gasteiger partial charge in [-0.05, 0) is 24.5 Å². The van der Waals surface area contributed by atoms with Crippen molar-refractivity contribution in [2.75, 3.05) is 18.8 Å². The van der Waals surface area contributed by atoms with E-state index in [0.717, 1.165) is 15.3 Å². The lowest BCUT2D eigenvalue weighted by atomic mass is 9.90. The highest BCUT2D eigenvalue weighted by Crippen LogP contribution is 2.34. The molecule has 1 saturated heterocycles. The van der Waals surface area contributed by atoms with Gasteiger partial charge in [0.25, 0.3) is 0 Å². The van der Waals surface area contributed by atoms with Crippen LogP contribution in [0.15, 0.2) is 18.5 Å². The Morgan fingerprint density at radius 2 is 2.11 bits per heavy atom. The van der Waals surface area contributed by atoms with Crippen LogP contribution in [0.1, 0.15) is 24.3 Å². The number of hydrogen-bond donors (Lipinski definition) is 1. The first-order valence-corrected chi connectivity index (χ1v) is 9.84. The third-order valence-corrected chi connectivity index (χ3v) is 6.47. The standard InChI is InChI=1S/C15H15F3N6O2S/c16-15(17,18)8-27(25,26)24-5-1-2-9(7-24)11-6-20-21-14-12(11)10-3-4-19-13(10)22-23-14/h3-4,6,9H,1-2,5,7-8H2,(H,21,23). The number of halogens is 3. The highest BCUT2D eigenvalue weighted by molar-refractivity contribution is 7.89. The van der Waals surface area contributed by atoms with Gasteiger partial charge in [0.15, 0.2) is 17.0 Å². The van der Waals surface area contributed by atoms with Gasteiger partial charge in [-0.3, -0.25) is 5.10 Å². The van der Waals surface area contributed by atoms with Gasteiger partial charge in [-0.25, -0.2) is 17.7 Å². The zero-order valence-corrected chi connectivity index (χ0v) is 14.8. The Labute approximate surface area is 151 Å². The molecule has 0 aliphatic carbocycles. The molecule has 0 aromatic carbocycles. The van der Waals surface area contributed by atoms with E-state index in [9.17, 15) is 21.6 Å². The number of aromatic nitrogens is 5. The molecule has 4 heterocycles. The van der Waals surface area contributed by atoms with E-state index >= 15 is 0 Å². The van der Waals surface area contributed by atoms with Crippen LogP contribution in [0.4, 0.5) is 13.2 Å². The molecule has 0 spiro atoms. The molecule has 1 atom stereocenters. The van der Waals surface area contributed by atoms with Crippen LogP contribution >= 0.6 is 0 Å². The van der Waals surface area contributed by atoms with Crippen molar-refractivity contribution in [2.24, 2.45) is 0 Å². The molecule has 0 amide bonds. The lowest BCUT2D eigenvalue weighted by Crippen LogP contribution is -2.43. The number of fused-ring (bicyclic) bond motifs is 3. The lowest BCUT2D eigenvalue weighted by molar-refractivity contribution is -0.107. The van der Waals surface area contributed by atoms with Crippen LogP contribution in [0.25, 0.3) is 22.1 Å². The summed E-state index contributed by atoms with van der Waals surface area (Å²) in [5.74, 6) is -2.15. The molecule has 27 heavy (non-hydrogen) atoms. The first-order chi connectivity index (χ1) is 12.7. The van der Waals surface area contributed by atoms with Gasteiger partial charge in [-0.1, -0.05) is 0 Å². The van der Waals surface area contributed by atoms with E-state index in [1.54, 1.807) is 18.5 Å². The number of sulfonamides is 1. The summed E-state index contributed by atoms with van der Waals surface area (Å²) >= 11 is 0. The molecule has 1 fully saturated rings. The summed E-state index contributed by atoms with van der Waals surface area (Å²) in [6.45, 7) is 0.0452. The molecule has 0 radical (unpaired) electrons. The summed E-state index contributed by atoms with van der Waals surface area (Å²) in [7, 11) is -4.43. The molecule has 0 saturated carbocycles.